The van der Waals surface area contributed by atoms with Crippen molar-refractivity contribution in [1.82, 2.24) is 0 Å². The highest BCUT2D eigenvalue weighted by atomic mass is 35.5. The molecule has 0 saturated carbocycles. The van der Waals surface area contributed by atoms with Crippen molar-refractivity contribution in [3.63, 3.8) is 0 Å². The SMILES string of the molecule is Cc1ccccc1-c1c(C(C)(C)C)cc2c(c1C1C=CC=C1)Cc1cc(-c3ccccc3C=C(Cc3ccc(Cl)cc3)Cc3ccc(Cl)cc3)c(C(C)(C)C)cc1-2. The molecule has 0 heterocycles. The molecular formula is C55H52Cl2. The molecule has 286 valence electrons. The number of aryl methyl sites for hydroxylation is 1. The molecule has 0 amide bonds. The predicted octanol–water partition coefficient (Wildman–Crippen LogP) is 15.9. The van der Waals surface area contributed by atoms with Gasteiger partial charge < -0.3 is 0 Å². The summed E-state index contributed by atoms with van der Waals surface area (Å²) in [6.07, 6.45) is 14.2. The van der Waals surface area contributed by atoms with Gasteiger partial charge in [0, 0.05) is 16.0 Å². The van der Waals surface area contributed by atoms with Crippen LogP contribution in [-0.2, 0) is 30.1 Å². The van der Waals surface area contributed by atoms with Crippen LogP contribution in [-0.4, -0.2) is 0 Å². The van der Waals surface area contributed by atoms with E-state index >= 15 is 0 Å². The van der Waals surface area contributed by atoms with Crippen molar-refractivity contribution in [2.45, 2.75) is 84.5 Å². The molecule has 57 heavy (non-hydrogen) atoms. The monoisotopic (exact) mass is 782 g/mol. The molecule has 0 saturated heterocycles. The van der Waals surface area contributed by atoms with Gasteiger partial charge in [0.25, 0.3) is 0 Å². The number of fused-ring (bicyclic) bond motifs is 3. The van der Waals surface area contributed by atoms with Gasteiger partial charge in [0.1, 0.15) is 0 Å². The standard InChI is InChI=1S/C55H52Cl2/c1-35-14-8-12-18-44(35)53-51(55(5,6)7)34-47-46-33-50(54(2,3)4)48(31-41(46)32-49(47)52(53)39-15-9-10-16-39)45-19-13-11-17-40(45)30-38(28-36-20-24-42(56)25-21-36)29-37-22-26-43(57)27-23-37/h8-27,30-31,33-34,39H,28-29,32H2,1-7H3. The highest BCUT2D eigenvalue weighted by Gasteiger charge is 2.34. The van der Waals surface area contributed by atoms with Crippen LogP contribution in [0.25, 0.3) is 39.5 Å². The molecule has 0 atom stereocenters. The first-order valence-corrected chi connectivity index (χ1v) is 21.1. The van der Waals surface area contributed by atoms with Crippen LogP contribution >= 0.6 is 23.2 Å². The second-order valence-electron chi connectivity index (χ2n) is 18.1. The molecule has 0 unspecified atom stereocenters. The molecule has 0 aromatic heterocycles. The highest BCUT2D eigenvalue weighted by Crippen LogP contribution is 2.52. The quantitative estimate of drug-likeness (QED) is 0.144. The third-order valence-electron chi connectivity index (χ3n) is 11.8. The zero-order chi connectivity index (χ0) is 40.1. The first-order valence-electron chi connectivity index (χ1n) is 20.3. The van der Waals surface area contributed by atoms with Crippen molar-refractivity contribution in [2.75, 3.05) is 0 Å². The number of hydrogen-bond donors (Lipinski definition) is 0. The minimum atomic E-state index is -0.0902. The van der Waals surface area contributed by atoms with Crippen LogP contribution in [0, 0.1) is 6.92 Å². The summed E-state index contributed by atoms with van der Waals surface area (Å²) in [6, 6.07) is 42.1. The molecule has 0 nitrogen and oxygen atoms in total. The Morgan fingerprint density at radius 2 is 1.14 bits per heavy atom. The van der Waals surface area contributed by atoms with Crippen LogP contribution in [0.3, 0.4) is 0 Å². The van der Waals surface area contributed by atoms with Crippen LogP contribution < -0.4 is 0 Å². The van der Waals surface area contributed by atoms with Crippen molar-refractivity contribution >= 4 is 29.3 Å². The van der Waals surface area contributed by atoms with Crippen molar-refractivity contribution < 1.29 is 0 Å². The van der Waals surface area contributed by atoms with E-state index in [0.717, 1.165) is 29.3 Å². The van der Waals surface area contributed by atoms with Crippen molar-refractivity contribution in [2.24, 2.45) is 0 Å². The Labute approximate surface area is 350 Å². The summed E-state index contributed by atoms with van der Waals surface area (Å²) in [7, 11) is 0. The molecule has 0 N–H and O–H groups in total. The minimum Gasteiger partial charge on any atom is -0.0843 e. The van der Waals surface area contributed by atoms with E-state index in [9.17, 15) is 0 Å². The summed E-state index contributed by atoms with van der Waals surface area (Å²) in [5.74, 6) is 0.233. The van der Waals surface area contributed by atoms with Crippen molar-refractivity contribution in [1.29, 1.82) is 0 Å². The molecule has 2 aliphatic rings. The van der Waals surface area contributed by atoms with Gasteiger partial charge >= 0.3 is 0 Å². The molecule has 0 fully saturated rings. The molecule has 6 aromatic carbocycles. The second-order valence-corrected chi connectivity index (χ2v) is 19.0. The maximum Gasteiger partial charge on any atom is 0.0406 e. The second kappa shape index (κ2) is 15.5. The van der Waals surface area contributed by atoms with Gasteiger partial charge in [0.15, 0.2) is 0 Å². The first-order chi connectivity index (χ1) is 27.2. The first kappa shape index (κ1) is 39.0. The lowest BCUT2D eigenvalue weighted by molar-refractivity contribution is 0.590. The Morgan fingerprint density at radius 1 is 0.596 bits per heavy atom. The Balaban J connectivity index is 1.31. The number of allylic oxidation sites excluding steroid dienone is 5. The fraction of sp³-hybridized carbons (Fsp3) is 0.236. The van der Waals surface area contributed by atoms with Crippen LogP contribution in [0.15, 0.2) is 145 Å². The molecule has 0 aliphatic heterocycles. The number of rotatable bonds is 8. The summed E-state index contributed by atoms with van der Waals surface area (Å²) >= 11 is 12.6. The summed E-state index contributed by atoms with van der Waals surface area (Å²) in [6.45, 7) is 16.5. The van der Waals surface area contributed by atoms with Gasteiger partial charge in [-0.3, -0.25) is 0 Å². The average Bonchev–Trinajstić information content (AvgIpc) is 3.83. The fourth-order valence-corrected chi connectivity index (χ4v) is 9.21. The highest BCUT2D eigenvalue weighted by molar-refractivity contribution is 6.30. The topological polar surface area (TPSA) is 0 Å². The van der Waals surface area contributed by atoms with Gasteiger partial charge in [-0.15, -0.1) is 0 Å². The number of benzene rings is 6. The van der Waals surface area contributed by atoms with E-state index in [0.29, 0.717) is 0 Å². The summed E-state index contributed by atoms with van der Waals surface area (Å²) < 4.78 is 0. The summed E-state index contributed by atoms with van der Waals surface area (Å²) in [5, 5.41) is 1.51. The Bertz CT molecular complexity index is 2500. The Kier molecular flexibility index (Phi) is 10.6. The molecule has 8 rings (SSSR count). The molecule has 0 radical (unpaired) electrons. The zero-order valence-electron chi connectivity index (χ0n) is 34.3. The lowest BCUT2D eigenvalue weighted by atomic mass is 9.74. The maximum absolute atomic E-state index is 6.31. The van der Waals surface area contributed by atoms with E-state index < -0.39 is 0 Å². The fourth-order valence-electron chi connectivity index (χ4n) is 8.96. The lowest BCUT2D eigenvalue weighted by Gasteiger charge is -2.30. The van der Waals surface area contributed by atoms with Gasteiger partial charge in [-0.2, -0.15) is 0 Å². The van der Waals surface area contributed by atoms with Gasteiger partial charge in [0.2, 0.25) is 0 Å². The van der Waals surface area contributed by atoms with Gasteiger partial charge in [-0.05, 0) is 163 Å². The molecule has 2 heteroatoms. The third kappa shape index (κ3) is 8.01. The van der Waals surface area contributed by atoms with E-state index in [-0.39, 0.29) is 16.7 Å². The predicted molar refractivity (Wildman–Crippen MR) is 247 cm³/mol. The molecule has 6 aromatic rings. The maximum atomic E-state index is 6.31. The van der Waals surface area contributed by atoms with E-state index in [1.807, 2.05) is 24.3 Å². The van der Waals surface area contributed by atoms with E-state index in [1.54, 1.807) is 0 Å². The van der Waals surface area contributed by atoms with Crippen LogP contribution in [0.4, 0.5) is 0 Å². The van der Waals surface area contributed by atoms with Gasteiger partial charge in [0.05, 0.1) is 0 Å². The number of hydrogen-bond acceptors (Lipinski definition) is 0. The van der Waals surface area contributed by atoms with Gasteiger partial charge in [-0.1, -0.05) is 173 Å². The molecular weight excluding hydrogens is 732 g/mol. The van der Waals surface area contributed by atoms with Gasteiger partial charge in [-0.25, -0.2) is 0 Å². The summed E-state index contributed by atoms with van der Waals surface area (Å²) in [5.41, 5.74) is 21.5. The average molecular weight is 784 g/mol. The Morgan fingerprint density at radius 3 is 1.72 bits per heavy atom. The smallest absolute Gasteiger partial charge is 0.0406 e. The lowest BCUT2D eigenvalue weighted by Crippen LogP contribution is -2.16. The van der Waals surface area contributed by atoms with Crippen LogP contribution in [0.1, 0.15) is 97.5 Å². The van der Waals surface area contributed by atoms with Crippen LogP contribution in [0.2, 0.25) is 10.0 Å². The van der Waals surface area contributed by atoms with E-state index in [1.165, 1.54) is 89.0 Å². The van der Waals surface area contributed by atoms with Crippen molar-refractivity contribution in [3.8, 4) is 33.4 Å². The summed E-state index contributed by atoms with van der Waals surface area (Å²) in [4.78, 5) is 0. The van der Waals surface area contributed by atoms with E-state index in [4.69, 9.17) is 23.2 Å². The third-order valence-corrected chi connectivity index (χ3v) is 12.3. The van der Waals surface area contributed by atoms with Crippen molar-refractivity contribution in [3.05, 3.63) is 205 Å². The normalized spacial score (nSPS) is 13.6. The molecule has 0 bridgehead atoms. The molecule has 2 aliphatic carbocycles. The van der Waals surface area contributed by atoms with E-state index in [2.05, 4.69) is 170 Å². The minimum absolute atomic E-state index is 0.0516. The largest absolute Gasteiger partial charge is 0.0843 e. The number of halogens is 2. The Hall–Kier alpha value is -4.88. The molecule has 0 spiro atoms. The zero-order valence-corrected chi connectivity index (χ0v) is 35.8. The van der Waals surface area contributed by atoms with Crippen LogP contribution in [0.5, 0.6) is 0 Å².